The van der Waals surface area contributed by atoms with Gasteiger partial charge in [0.25, 0.3) is 5.69 Å². The maximum absolute atomic E-state index is 12.4. The molecule has 0 fully saturated rings. The Bertz CT molecular complexity index is 995. The van der Waals surface area contributed by atoms with E-state index in [1.165, 1.54) is 36.7 Å². The third-order valence-corrected chi connectivity index (χ3v) is 6.11. The Kier molecular flexibility index (Phi) is 6.63. The molecular formula is C21H23N3O5S. The monoisotopic (exact) mass is 429 g/mol. The molecule has 8 nitrogen and oxygen atoms in total. The number of esters is 1. The number of nitrogens with one attached hydrogen (secondary N) is 1. The predicted octanol–water partition coefficient (Wildman–Crippen LogP) is 3.86. The number of nitro groups is 1. The zero-order valence-corrected chi connectivity index (χ0v) is 17.8. The smallest absolute Gasteiger partial charge is 0.341 e. The van der Waals surface area contributed by atoms with E-state index in [0.29, 0.717) is 22.2 Å². The van der Waals surface area contributed by atoms with Crippen molar-refractivity contribution in [2.75, 3.05) is 19.0 Å². The number of hydrogen-bond donors (Lipinski definition) is 1. The second-order valence-electron chi connectivity index (χ2n) is 7.18. The molecule has 1 aliphatic rings. The number of methoxy groups -OCH3 is 1. The van der Waals surface area contributed by atoms with Crippen molar-refractivity contribution in [3.63, 3.8) is 0 Å². The number of carbonyl (C=O) groups is 2. The van der Waals surface area contributed by atoms with E-state index >= 15 is 0 Å². The van der Waals surface area contributed by atoms with Crippen molar-refractivity contribution in [2.24, 2.45) is 0 Å². The van der Waals surface area contributed by atoms with Crippen molar-refractivity contribution >= 4 is 40.0 Å². The number of non-ortho nitro benzene ring substituents is 1. The van der Waals surface area contributed by atoms with E-state index in [9.17, 15) is 19.7 Å². The fourth-order valence-corrected chi connectivity index (χ4v) is 4.57. The van der Waals surface area contributed by atoms with Crippen LogP contribution >= 0.6 is 11.3 Å². The third-order valence-electron chi connectivity index (χ3n) is 4.97. The Hall–Kier alpha value is -3.04. The fraction of sp³-hybridized carbons (Fsp3) is 0.333. The van der Waals surface area contributed by atoms with Gasteiger partial charge in [-0.1, -0.05) is 0 Å². The number of ether oxygens (including phenoxy) is 1. The lowest BCUT2D eigenvalue weighted by Gasteiger charge is -2.30. The summed E-state index contributed by atoms with van der Waals surface area (Å²) in [7, 11) is 1.33. The molecule has 2 aromatic rings. The lowest BCUT2D eigenvalue weighted by atomic mass is 10.0. The molecule has 0 unspecified atom stereocenters. The molecular weight excluding hydrogens is 406 g/mol. The zero-order valence-electron chi connectivity index (χ0n) is 17.0. The van der Waals surface area contributed by atoms with Crippen LogP contribution in [-0.2, 0) is 22.5 Å². The zero-order chi connectivity index (χ0) is 21.8. The Morgan fingerprint density at radius 3 is 2.60 bits per heavy atom. The van der Waals surface area contributed by atoms with Gasteiger partial charge in [0.1, 0.15) is 5.00 Å². The molecule has 1 aromatic carbocycles. The number of carbonyl (C=O) groups excluding carboxylic acids is 2. The summed E-state index contributed by atoms with van der Waals surface area (Å²) < 4.78 is 4.95. The van der Waals surface area contributed by atoms with Crippen LogP contribution in [0.3, 0.4) is 0 Å². The lowest BCUT2D eigenvalue weighted by Crippen LogP contribution is -2.35. The standard InChI is InChI=1S/C21H23N3O5S/c1-13(2)23-11-10-16-17(12-23)30-20(19(16)21(26)29-3)22-18(25)9-6-14-4-7-15(8-5-14)24(27)28/h4-9,13H,10-12H2,1-3H3,(H,22,25). The van der Waals surface area contributed by atoms with Gasteiger partial charge in [0.05, 0.1) is 17.6 Å². The molecule has 9 heteroatoms. The van der Waals surface area contributed by atoms with Gasteiger partial charge in [-0.25, -0.2) is 4.79 Å². The molecule has 158 valence electrons. The minimum atomic E-state index is -0.479. The highest BCUT2D eigenvalue weighted by atomic mass is 32.1. The van der Waals surface area contributed by atoms with Crippen molar-refractivity contribution < 1.29 is 19.2 Å². The average molecular weight is 429 g/mol. The topological polar surface area (TPSA) is 102 Å². The molecule has 1 N–H and O–H groups in total. The molecule has 0 radical (unpaired) electrons. The van der Waals surface area contributed by atoms with Crippen molar-refractivity contribution in [1.29, 1.82) is 0 Å². The summed E-state index contributed by atoms with van der Waals surface area (Å²) in [5.74, 6) is -0.849. The summed E-state index contributed by atoms with van der Waals surface area (Å²) in [5, 5.41) is 14.0. The van der Waals surface area contributed by atoms with Crippen molar-refractivity contribution in [3.8, 4) is 0 Å². The Morgan fingerprint density at radius 2 is 2.00 bits per heavy atom. The first-order valence-corrected chi connectivity index (χ1v) is 10.3. The van der Waals surface area contributed by atoms with Gasteiger partial charge in [-0.3, -0.25) is 19.8 Å². The van der Waals surface area contributed by atoms with E-state index in [1.807, 2.05) is 0 Å². The van der Waals surface area contributed by atoms with Gasteiger partial charge < -0.3 is 10.1 Å². The fourth-order valence-electron chi connectivity index (χ4n) is 3.30. The second-order valence-corrected chi connectivity index (χ2v) is 8.29. The van der Waals surface area contributed by atoms with Gasteiger partial charge in [0.2, 0.25) is 5.91 Å². The van der Waals surface area contributed by atoms with Crippen LogP contribution in [0.4, 0.5) is 10.7 Å². The van der Waals surface area contributed by atoms with Crippen molar-refractivity contribution in [3.05, 3.63) is 62.0 Å². The van der Waals surface area contributed by atoms with Gasteiger partial charge in [-0.2, -0.15) is 0 Å². The Labute approximate surface area is 178 Å². The number of nitro benzene ring substituents is 1. The molecule has 0 bridgehead atoms. The first-order chi connectivity index (χ1) is 14.3. The first-order valence-electron chi connectivity index (χ1n) is 9.50. The summed E-state index contributed by atoms with van der Waals surface area (Å²) in [4.78, 5) is 38.4. The molecule has 0 spiro atoms. The predicted molar refractivity (Wildman–Crippen MR) is 116 cm³/mol. The van der Waals surface area contributed by atoms with Crippen LogP contribution in [0.25, 0.3) is 6.08 Å². The van der Waals surface area contributed by atoms with Gasteiger partial charge in [0.15, 0.2) is 0 Å². The number of fused-ring (bicyclic) bond motifs is 1. The van der Waals surface area contributed by atoms with E-state index in [1.54, 1.807) is 18.2 Å². The van der Waals surface area contributed by atoms with E-state index in [0.717, 1.165) is 30.0 Å². The van der Waals surface area contributed by atoms with E-state index < -0.39 is 16.8 Å². The van der Waals surface area contributed by atoms with Gasteiger partial charge >= 0.3 is 5.97 Å². The highest BCUT2D eigenvalue weighted by Gasteiger charge is 2.29. The Balaban J connectivity index is 1.79. The Morgan fingerprint density at radius 1 is 1.30 bits per heavy atom. The maximum atomic E-state index is 12.4. The molecule has 0 aliphatic carbocycles. The maximum Gasteiger partial charge on any atom is 0.341 e. The van der Waals surface area contributed by atoms with Crippen LogP contribution in [0.2, 0.25) is 0 Å². The minimum absolute atomic E-state index is 0.0149. The molecule has 3 rings (SSSR count). The quantitative estimate of drug-likeness (QED) is 0.324. The van der Waals surface area contributed by atoms with E-state index in [-0.39, 0.29) is 5.69 Å². The van der Waals surface area contributed by atoms with Gasteiger partial charge in [0, 0.05) is 42.2 Å². The molecule has 1 aromatic heterocycles. The summed E-state index contributed by atoms with van der Waals surface area (Å²) in [6, 6.07) is 6.27. The van der Waals surface area contributed by atoms with Crippen LogP contribution in [-0.4, -0.2) is 41.4 Å². The highest BCUT2D eigenvalue weighted by molar-refractivity contribution is 7.17. The molecule has 0 saturated carbocycles. The van der Waals surface area contributed by atoms with Crippen LogP contribution in [0.15, 0.2) is 30.3 Å². The van der Waals surface area contributed by atoms with Gasteiger partial charge in [-0.05, 0) is 49.6 Å². The van der Waals surface area contributed by atoms with Gasteiger partial charge in [-0.15, -0.1) is 11.3 Å². The highest BCUT2D eigenvalue weighted by Crippen LogP contribution is 2.38. The van der Waals surface area contributed by atoms with Crippen LogP contribution in [0, 0.1) is 10.1 Å². The third kappa shape index (κ3) is 4.74. The minimum Gasteiger partial charge on any atom is -0.465 e. The van der Waals surface area contributed by atoms with E-state index in [4.69, 9.17) is 4.74 Å². The number of rotatable bonds is 6. The number of benzene rings is 1. The molecule has 0 atom stereocenters. The average Bonchev–Trinajstić information content (AvgIpc) is 3.08. The number of amides is 1. The molecule has 30 heavy (non-hydrogen) atoms. The summed E-state index contributed by atoms with van der Waals surface area (Å²) >= 11 is 1.40. The normalized spacial score (nSPS) is 14.0. The molecule has 1 amide bonds. The van der Waals surface area contributed by atoms with Crippen LogP contribution in [0.5, 0.6) is 0 Å². The second kappa shape index (κ2) is 9.19. The summed E-state index contributed by atoms with van der Waals surface area (Å²) in [6.07, 6.45) is 3.62. The summed E-state index contributed by atoms with van der Waals surface area (Å²) in [5.41, 5.74) is 2.01. The number of thiophene rings is 1. The van der Waals surface area contributed by atoms with Crippen LogP contribution < -0.4 is 5.32 Å². The number of hydrogen-bond acceptors (Lipinski definition) is 7. The number of nitrogens with zero attached hydrogens (tertiary/aromatic N) is 2. The molecule has 0 saturated heterocycles. The van der Waals surface area contributed by atoms with Crippen molar-refractivity contribution in [1.82, 2.24) is 4.90 Å². The molecule has 2 heterocycles. The largest absolute Gasteiger partial charge is 0.465 e. The van der Waals surface area contributed by atoms with E-state index in [2.05, 4.69) is 24.1 Å². The van der Waals surface area contributed by atoms with Crippen molar-refractivity contribution in [2.45, 2.75) is 32.9 Å². The summed E-state index contributed by atoms with van der Waals surface area (Å²) in [6.45, 7) is 5.84. The SMILES string of the molecule is COC(=O)c1c(NC(=O)C=Cc2ccc([N+](=O)[O-])cc2)sc2c1CCN(C(C)C)C2. The van der Waals surface area contributed by atoms with Crippen LogP contribution in [0.1, 0.15) is 40.2 Å². The number of anilines is 1. The molecule has 1 aliphatic heterocycles. The lowest BCUT2D eigenvalue weighted by molar-refractivity contribution is -0.384. The first kappa shape index (κ1) is 21.7.